The van der Waals surface area contributed by atoms with Crippen LogP contribution in [0.4, 0.5) is 0 Å². The third kappa shape index (κ3) is 5.32. The zero-order valence-corrected chi connectivity index (χ0v) is 11.0. The van der Waals surface area contributed by atoms with E-state index in [1.54, 1.807) is 0 Å². The number of nitrogens with zero attached hydrogens (tertiary/aromatic N) is 3. The molecule has 1 heterocycles. The van der Waals surface area contributed by atoms with E-state index in [4.69, 9.17) is 10.3 Å². The van der Waals surface area contributed by atoms with Gasteiger partial charge in [-0.2, -0.15) is 4.98 Å². The Kier molecular flexibility index (Phi) is 7.13. The molecule has 0 fully saturated rings. The van der Waals surface area contributed by atoms with E-state index in [0.717, 1.165) is 0 Å². The topological polar surface area (TPSA) is 68.2 Å². The van der Waals surface area contributed by atoms with Crippen molar-refractivity contribution >= 4 is 24.8 Å². The molecule has 0 radical (unpaired) electrons. The van der Waals surface area contributed by atoms with Gasteiger partial charge in [0.1, 0.15) is 0 Å². The van der Waals surface area contributed by atoms with Gasteiger partial charge in [0.05, 0.1) is 12.1 Å². The van der Waals surface area contributed by atoms with Gasteiger partial charge in [-0.05, 0) is 27.9 Å². The van der Waals surface area contributed by atoms with Gasteiger partial charge in [-0.3, -0.25) is 0 Å². The minimum absolute atomic E-state index is 0. The standard InChI is InChI=1S/C8H16N4O.2ClH/c1-8(2,9)7-10-6(13-11-7)5-12(3)4;;/h5,9H2,1-4H3;2*1H. The molecule has 15 heavy (non-hydrogen) atoms. The van der Waals surface area contributed by atoms with Crippen LogP contribution >= 0.6 is 24.8 Å². The summed E-state index contributed by atoms with van der Waals surface area (Å²) < 4.78 is 5.02. The molecular weight excluding hydrogens is 239 g/mol. The summed E-state index contributed by atoms with van der Waals surface area (Å²) in [5, 5.41) is 3.80. The molecule has 0 aliphatic carbocycles. The van der Waals surface area contributed by atoms with Gasteiger partial charge in [-0.1, -0.05) is 5.16 Å². The van der Waals surface area contributed by atoms with Gasteiger partial charge in [0, 0.05) is 0 Å². The van der Waals surface area contributed by atoms with Crippen LogP contribution in [0.2, 0.25) is 0 Å². The minimum atomic E-state index is -0.534. The molecule has 0 aliphatic rings. The predicted molar refractivity (Wildman–Crippen MR) is 63.4 cm³/mol. The number of halogens is 2. The van der Waals surface area contributed by atoms with Crippen LogP contribution in [0.3, 0.4) is 0 Å². The van der Waals surface area contributed by atoms with E-state index in [1.165, 1.54) is 0 Å². The summed E-state index contributed by atoms with van der Waals surface area (Å²) in [6.07, 6.45) is 0. The second kappa shape index (κ2) is 6.27. The second-order valence-corrected chi connectivity index (χ2v) is 3.97. The molecular formula is C8H18Cl2N4O. The molecule has 1 aromatic rings. The van der Waals surface area contributed by atoms with E-state index in [-0.39, 0.29) is 24.8 Å². The first-order chi connectivity index (χ1) is 5.89. The molecule has 0 aliphatic heterocycles. The van der Waals surface area contributed by atoms with Crippen molar-refractivity contribution in [2.75, 3.05) is 14.1 Å². The Balaban J connectivity index is 0. The Hall–Kier alpha value is -0.360. The van der Waals surface area contributed by atoms with E-state index in [1.807, 2.05) is 32.8 Å². The third-order valence-electron chi connectivity index (χ3n) is 1.50. The fraction of sp³-hybridized carbons (Fsp3) is 0.750. The first kappa shape index (κ1) is 17.0. The predicted octanol–water partition coefficient (Wildman–Crippen LogP) is 1.17. The largest absolute Gasteiger partial charge is 0.338 e. The van der Waals surface area contributed by atoms with E-state index in [0.29, 0.717) is 18.3 Å². The van der Waals surface area contributed by atoms with Gasteiger partial charge in [0.15, 0.2) is 5.82 Å². The van der Waals surface area contributed by atoms with E-state index >= 15 is 0 Å². The van der Waals surface area contributed by atoms with Gasteiger partial charge in [-0.15, -0.1) is 24.8 Å². The maximum absolute atomic E-state index is 5.80. The molecule has 1 aromatic heterocycles. The zero-order valence-electron chi connectivity index (χ0n) is 9.35. The zero-order chi connectivity index (χ0) is 10.1. The van der Waals surface area contributed by atoms with Gasteiger partial charge < -0.3 is 15.2 Å². The van der Waals surface area contributed by atoms with Crippen LogP contribution in [0.25, 0.3) is 0 Å². The van der Waals surface area contributed by atoms with Crippen LogP contribution in [-0.2, 0) is 12.1 Å². The van der Waals surface area contributed by atoms with Crippen molar-refractivity contribution in [3.8, 4) is 0 Å². The number of hydrogen-bond donors (Lipinski definition) is 1. The number of rotatable bonds is 3. The summed E-state index contributed by atoms with van der Waals surface area (Å²) in [4.78, 5) is 6.14. The van der Waals surface area contributed by atoms with Crippen molar-refractivity contribution in [2.45, 2.75) is 25.9 Å². The van der Waals surface area contributed by atoms with Crippen LogP contribution in [0, 0.1) is 0 Å². The van der Waals surface area contributed by atoms with Crippen molar-refractivity contribution in [3.63, 3.8) is 0 Å². The highest BCUT2D eigenvalue weighted by molar-refractivity contribution is 5.85. The van der Waals surface area contributed by atoms with Crippen LogP contribution < -0.4 is 5.73 Å². The summed E-state index contributed by atoms with van der Waals surface area (Å²) in [6, 6.07) is 0. The Morgan fingerprint density at radius 3 is 2.20 bits per heavy atom. The lowest BCUT2D eigenvalue weighted by molar-refractivity contribution is 0.299. The quantitative estimate of drug-likeness (QED) is 0.880. The molecule has 5 nitrogen and oxygen atoms in total. The molecule has 0 saturated heterocycles. The summed E-state index contributed by atoms with van der Waals surface area (Å²) in [5.74, 6) is 1.14. The summed E-state index contributed by atoms with van der Waals surface area (Å²) >= 11 is 0. The molecule has 90 valence electrons. The van der Waals surface area contributed by atoms with Crippen molar-refractivity contribution in [1.29, 1.82) is 0 Å². The second-order valence-electron chi connectivity index (χ2n) is 3.97. The number of hydrogen-bond acceptors (Lipinski definition) is 5. The average Bonchev–Trinajstić information content (AvgIpc) is 2.32. The normalized spacial score (nSPS) is 10.8. The lowest BCUT2D eigenvalue weighted by atomic mass is 10.1. The fourth-order valence-electron chi connectivity index (χ4n) is 0.851. The first-order valence-electron chi connectivity index (χ1n) is 4.16. The molecule has 1 rings (SSSR count). The average molecular weight is 257 g/mol. The third-order valence-corrected chi connectivity index (χ3v) is 1.50. The van der Waals surface area contributed by atoms with Gasteiger partial charge in [0.2, 0.25) is 5.89 Å². The molecule has 7 heteroatoms. The van der Waals surface area contributed by atoms with E-state index in [9.17, 15) is 0 Å². The molecule has 0 amide bonds. The fourth-order valence-corrected chi connectivity index (χ4v) is 0.851. The summed E-state index contributed by atoms with van der Waals surface area (Å²) in [5.41, 5.74) is 5.27. The van der Waals surface area contributed by atoms with Crippen molar-refractivity contribution < 1.29 is 4.52 Å². The Morgan fingerprint density at radius 1 is 1.33 bits per heavy atom. The molecule has 0 aromatic carbocycles. The van der Waals surface area contributed by atoms with Gasteiger partial charge in [-0.25, -0.2) is 0 Å². The Bertz CT molecular complexity index is 282. The van der Waals surface area contributed by atoms with E-state index in [2.05, 4.69) is 10.1 Å². The highest BCUT2D eigenvalue weighted by atomic mass is 35.5. The van der Waals surface area contributed by atoms with Crippen molar-refractivity contribution in [1.82, 2.24) is 15.0 Å². The Morgan fingerprint density at radius 2 is 1.87 bits per heavy atom. The maximum Gasteiger partial charge on any atom is 0.240 e. The van der Waals surface area contributed by atoms with Gasteiger partial charge in [0.25, 0.3) is 0 Å². The maximum atomic E-state index is 5.80. The minimum Gasteiger partial charge on any atom is -0.338 e. The van der Waals surface area contributed by atoms with Crippen LogP contribution in [-0.4, -0.2) is 29.1 Å². The van der Waals surface area contributed by atoms with Crippen LogP contribution in [0.15, 0.2) is 4.52 Å². The van der Waals surface area contributed by atoms with Crippen LogP contribution in [0.5, 0.6) is 0 Å². The molecule has 0 saturated carbocycles. The number of aromatic nitrogens is 2. The number of nitrogens with two attached hydrogens (primary N) is 1. The first-order valence-corrected chi connectivity index (χ1v) is 4.16. The smallest absolute Gasteiger partial charge is 0.240 e. The Labute approximate surface area is 102 Å². The monoisotopic (exact) mass is 256 g/mol. The van der Waals surface area contributed by atoms with Crippen molar-refractivity contribution in [2.24, 2.45) is 5.73 Å². The lowest BCUT2D eigenvalue weighted by Crippen LogP contribution is -2.30. The van der Waals surface area contributed by atoms with Gasteiger partial charge >= 0.3 is 0 Å². The summed E-state index contributed by atoms with van der Waals surface area (Å²) in [6.45, 7) is 4.33. The molecule has 0 atom stereocenters. The highest BCUT2D eigenvalue weighted by Gasteiger charge is 2.21. The molecule has 0 unspecified atom stereocenters. The van der Waals surface area contributed by atoms with Crippen LogP contribution in [0.1, 0.15) is 25.6 Å². The molecule has 0 spiro atoms. The van der Waals surface area contributed by atoms with E-state index < -0.39 is 5.54 Å². The molecule has 0 bridgehead atoms. The lowest BCUT2D eigenvalue weighted by Gasteiger charge is -2.11. The molecule has 2 N–H and O–H groups in total. The summed E-state index contributed by atoms with van der Waals surface area (Å²) in [7, 11) is 3.88. The van der Waals surface area contributed by atoms with Crippen molar-refractivity contribution in [3.05, 3.63) is 11.7 Å². The highest BCUT2D eigenvalue weighted by Crippen LogP contribution is 2.12. The SMILES string of the molecule is CN(C)Cc1nc(C(C)(C)N)no1.Cl.Cl.